The Kier molecular flexibility index (Phi) is 3.83. The number of halogens is 3. The highest BCUT2D eigenvalue weighted by Gasteiger charge is 2.44. The summed E-state index contributed by atoms with van der Waals surface area (Å²) in [5.74, 6) is -1.07. The van der Waals surface area contributed by atoms with Gasteiger partial charge in [0.1, 0.15) is 11.8 Å². The maximum atomic E-state index is 13.2. The zero-order chi connectivity index (χ0) is 20.2. The van der Waals surface area contributed by atoms with Crippen LogP contribution in [0.4, 0.5) is 19.1 Å². The van der Waals surface area contributed by atoms with E-state index in [1.54, 1.807) is 30.3 Å². The molecule has 5 rings (SSSR count). The Balaban J connectivity index is 1.64. The van der Waals surface area contributed by atoms with E-state index >= 15 is 0 Å². The van der Waals surface area contributed by atoms with Gasteiger partial charge in [-0.25, -0.2) is 4.68 Å². The number of rotatable bonds is 2. The van der Waals surface area contributed by atoms with Gasteiger partial charge < -0.3 is 9.73 Å². The van der Waals surface area contributed by atoms with Crippen LogP contribution in [0.1, 0.15) is 42.1 Å². The lowest BCUT2D eigenvalue weighted by atomic mass is 9.80. The van der Waals surface area contributed by atoms with Crippen LogP contribution in [0.25, 0.3) is 0 Å². The summed E-state index contributed by atoms with van der Waals surface area (Å²) in [7, 11) is 0. The molecule has 1 aliphatic heterocycles. The normalized spacial score (nSPS) is 21.6. The van der Waals surface area contributed by atoms with Crippen LogP contribution in [-0.2, 0) is 11.0 Å². The molecule has 1 N–H and O–H groups in total. The van der Waals surface area contributed by atoms with E-state index in [-0.39, 0.29) is 24.1 Å². The van der Waals surface area contributed by atoms with Crippen molar-refractivity contribution >= 4 is 11.7 Å². The zero-order valence-electron chi connectivity index (χ0n) is 14.8. The van der Waals surface area contributed by atoms with Crippen molar-refractivity contribution in [1.29, 1.82) is 0 Å². The molecule has 3 aromatic rings. The van der Waals surface area contributed by atoms with E-state index in [1.165, 1.54) is 12.5 Å². The molecule has 2 atom stereocenters. The van der Waals surface area contributed by atoms with E-state index in [0.717, 1.165) is 4.68 Å². The molecule has 10 heteroatoms. The fourth-order valence-corrected chi connectivity index (χ4v) is 3.87. The van der Waals surface area contributed by atoms with E-state index in [0.29, 0.717) is 29.1 Å². The second-order valence-electron chi connectivity index (χ2n) is 6.92. The van der Waals surface area contributed by atoms with Crippen LogP contribution in [0, 0.1) is 0 Å². The Morgan fingerprint density at radius 3 is 2.72 bits per heavy atom. The third-order valence-electron chi connectivity index (χ3n) is 5.09. The highest BCUT2D eigenvalue weighted by atomic mass is 19.4. The number of fused-ring (bicyclic) bond motifs is 1. The Hall–Kier alpha value is -3.43. The Morgan fingerprint density at radius 2 is 2.03 bits per heavy atom. The van der Waals surface area contributed by atoms with Gasteiger partial charge in [-0.15, -0.1) is 5.10 Å². The fourth-order valence-electron chi connectivity index (χ4n) is 3.87. The van der Waals surface area contributed by atoms with E-state index in [4.69, 9.17) is 4.42 Å². The molecule has 1 aliphatic carbocycles. The molecule has 148 valence electrons. The smallest absolute Gasteiger partial charge is 0.453 e. The lowest BCUT2D eigenvalue weighted by Crippen LogP contribution is -2.34. The summed E-state index contributed by atoms with van der Waals surface area (Å²) in [4.78, 5) is 21.0. The molecule has 0 spiro atoms. The van der Waals surface area contributed by atoms with Crippen molar-refractivity contribution in [2.75, 3.05) is 5.32 Å². The number of pyridine rings is 1. The molecule has 0 radical (unpaired) electrons. The fraction of sp³-hybridized carbons (Fsp3) is 0.263. The average Bonchev–Trinajstić information content (AvgIpc) is 3.36. The number of hydrogen-bond acceptors (Lipinski definition) is 6. The number of furan rings is 1. The number of ketones is 1. The van der Waals surface area contributed by atoms with Gasteiger partial charge >= 0.3 is 6.18 Å². The maximum absolute atomic E-state index is 13.2. The van der Waals surface area contributed by atoms with Gasteiger partial charge in [0.25, 0.3) is 5.82 Å². The summed E-state index contributed by atoms with van der Waals surface area (Å²) < 4.78 is 46.2. The van der Waals surface area contributed by atoms with E-state index in [2.05, 4.69) is 20.4 Å². The standard InChI is InChI=1S/C19H14F3N5O2/c20-19(21,22)17-25-18-24-12-8-10(14-5-3-7-29-14)9-13(28)15(12)16(27(18)26-17)11-4-1-2-6-23-11/h1-7,10,16H,8-9H2,(H,24,25,26)/t10-,16-/m1/s1. The van der Waals surface area contributed by atoms with Crippen molar-refractivity contribution in [2.24, 2.45) is 0 Å². The number of allylic oxidation sites excluding steroid dienone is 2. The van der Waals surface area contributed by atoms with Crippen molar-refractivity contribution in [1.82, 2.24) is 19.7 Å². The molecule has 0 amide bonds. The molecule has 0 saturated carbocycles. The SMILES string of the molecule is O=C1C[C@H](c2ccco2)CC2=C1[C@@H](c1ccccn1)n1nc(C(F)(F)F)nc1N2. The van der Waals surface area contributed by atoms with Crippen molar-refractivity contribution in [3.05, 3.63) is 71.3 Å². The number of Topliss-reactive ketones (excluding diaryl/α,β-unsaturated/α-hetero) is 1. The highest BCUT2D eigenvalue weighted by molar-refractivity contribution is 6.00. The van der Waals surface area contributed by atoms with Gasteiger partial charge in [0.15, 0.2) is 5.78 Å². The predicted molar refractivity (Wildman–Crippen MR) is 93.7 cm³/mol. The minimum atomic E-state index is -4.71. The molecule has 0 saturated heterocycles. The van der Waals surface area contributed by atoms with Crippen LogP contribution >= 0.6 is 0 Å². The average molecular weight is 401 g/mol. The van der Waals surface area contributed by atoms with Crippen LogP contribution < -0.4 is 5.32 Å². The molecule has 7 nitrogen and oxygen atoms in total. The first-order valence-corrected chi connectivity index (χ1v) is 8.93. The zero-order valence-corrected chi connectivity index (χ0v) is 14.8. The molecule has 29 heavy (non-hydrogen) atoms. The number of aromatic nitrogens is 4. The first kappa shape index (κ1) is 17.7. The van der Waals surface area contributed by atoms with Gasteiger partial charge in [0.05, 0.1) is 12.0 Å². The van der Waals surface area contributed by atoms with Gasteiger partial charge in [-0.2, -0.15) is 18.2 Å². The summed E-state index contributed by atoms with van der Waals surface area (Å²) in [6, 6.07) is 7.71. The van der Waals surface area contributed by atoms with Crippen LogP contribution in [0.5, 0.6) is 0 Å². The molecular formula is C19H14F3N5O2. The highest BCUT2D eigenvalue weighted by Crippen LogP contribution is 2.44. The minimum Gasteiger partial charge on any atom is -0.469 e. The topological polar surface area (TPSA) is 85.8 Å². The summed E-state index contributed by atoms with van der Waals surface area (Å²) in [5.41, 5.74) is 1.30. The van der Waals surface area contributed by atoms with Crippen LogP contribution in [0.3, 0.4) is 0 Å². The van der Waals surface area contributed by atoms with E-state index in [9.17, 15) is 18.0 Å². The summed E-state index contributed by atoms with van der Waals surface area (Å²) in [5, 5.41) is 6.54. The number of nitrogens with zero attached hydrogens (tertiary/aromatic N) is 4. The Labute approximate surface area is 162 Å². The Bertz CT molecular complexity index is 1100. The number of nitrogens with one attached hydrogen (secondary N) is 1. The predicted octanol–water partition coefficient (Wildman–Crippen LogP) is 3.70. The molecule has 0 unspecified atom stereocenters. The maximum Gasteiger partial charge on any atom is 0.453 e. The van der Waals surface area contributed by atoms with Gasteiger partial charge in [0, 0.05) is 29.8 Å². The number of anilines is 1. The van der Waals surface area contributed by atoms with Crippen LogP contribution in [0.2, 0.25) is 0 Å². The summed E-state index contributed by atoms with van der Waals surface area (Å²) in [6.07, 6.45) is -1.06. The van der Waals surface area contributed by atoms with E-state index in [1.807, 2.05) is 0 Å². The molecular weight excluding hydrogens is 387 g/mol. The van der Waals surface area contributed by atoms with Crippen molar-refractivity contribution in [3.63, 3.8) is 0 Å². The van der Waals surface area contributed by atoms with Crippen LogP contribution in [0.15, 0.2) is 58.5 Å². The summed E-state index contributed by atoms with van der Waals surface area (Å²) >= 11 is 0. The molecule has 0 aromatic carbocycles. The third kappa shape index (κ3) is 2.91. The first-order valence-electron chi connectivity index (χ1n) is 8.93. The van der Waals surface area contributed by atoms with Gasteiger partial charge in [-0.05, 0) is 30.7 Å². The first-order chi connectivity index (χ1) is 13.9. The number of carbonyl (C=O) groups is 1. The van der Waals surface area contributed by atoms with Crippen molar-refractivity contribution in [3.8, 4) is 0 Å². The number of carbonyl (C=O) groups excluding carboxylic acids is 1. The van der Waals surface area contributed by atoms with Gasteiger partial charge in [0.2, 0.25) is 5.95 Å². The lowest BCUT2D eigenvalue weighted by Gasteiger charge is -2.34. The van der Waals surface area contributed by atoms with Crippen LogP contribution in [-0.4, -0.2) is 25.5 Å². The largest absolute Gasteiger partial charge is 0.469 e. The molecule has 3 aromatic heterocycles. The third-order valence-corrected chi connectivity index (χ3v) is 5.09. The quantitative estimate of drug-likeness (QED) is 0.705. The Morgan fingerprint density at radius 1 is 1.17 bits per heavy atom. The van der Waals surface area contributed by atoms with E-state index < -0.39 is 18.0 Å². The molecule has 2 aliphatic rings. The van der Waals surface area contributed by atoms with Gasteiger partial charge in [-0.1, -0.05) is 6.07 Å². The molecule has 0 fully saturated rings. The summed E-state index contributed by atoms with van der Waals surface area (Å²) in [6.45, 7) is 0. The lowest BCUT2D eigenvalue weighted by molar-refractivity contribution is -0.145. The number of alkyl halides is 3. The van der Waals surface area contributed by atoms with Crippen molar-refractivity contribution in [2.45, 2.75) is 31.0 Å². The monoisotopic (exact) mass is 401 g/mol. The second-order valence-corrected chi connectivity index (χ2v) is 6.92. The number of hydrogen-bond donors (Lipinski definition) is 1. The molecule has 4 heterocycles. The second kappa shape index (κ2) is 6.29. The van der Waals surface area contributed by atoms with Gasteiger partial charge in [-0.3, -0.25) is 9.78 Å². The minimum absolute atomic E-state index is 0.0698. The van der Waals surface area contributed by atoms with Crippen molar-refractivity contribution < 1.29 is 22.4 Å². The molecule has 0 bridgehead atoms.